The van der Waals surface area contributed by atoms with Gasteiger partial charge in [-0.05, 0) is 24.3 Å². The quantitative estimate of drug-likeness (QED) is 0.802. The molecule has 0 bridgehead atoms. The number of nitrogens with zero attached hydrogens (tertiary/aromatic N) is 1. The van der Waals surface area contributed by atoms with Crippen LogP contribution in [-0.4, -0.2) is 7.05 Å². The van der Waals surface area contributed by atoms with E-state index in [4.69, 9.17) is 0 Å². The van der Waals surface area contributed by atoms with Gasteiger partial charge in [0.15, 0.2) is 0 Å². The van der Waals surface area contributed by atoms with Crippen molar-refractivity contribution in [3.8, 4) is 0 Å². The van der Waals surface area contributed by atoms with Crippen LogP contribution in [0.5, 0.6) is 0 Å². The molecule has 0 unspecified atom stereocenters. The fourth-order valence-electron chi connectivity index (χ4n) is 1.45. The van der Waals surface area contributed by atoms with Gasteiger partial charge < -0.3 is 5.32 Å². The summed E-state index contributed by atoms with van der Waals surface area (Å²) in [6.45, 7) is 0. The first kappa shape index (κ1) is 9.59. The molecule has 1 radical (unpaired) electrons. The molecule has 2 nitrogen and oxygen atoms in total. The molecule has 0 amide bonds. The Labute approximate surface area is 90.0 Å². The van der Waals surface area contributed by atoms with Crippen molar-refractivity contribution in [2.75, 3.05) is 12.4 Å². The lowest BCUT2D eigenvalue weighted by atomic mass is 10.2. The van der Waals surface area contributed by atoms with Gasteiger partial charge in [-0.15, -0.1) is 0 Å². The number of hydrogen-bond acceptors (Lipinski definition) is 1. The van der Waals surface area contributed by atoms with Gasteiger partial charge in [0, 0.05) is 12.7 Å². The molecule has 0 aromatic heterocycles. The molecular formula is C13H13N2. The van der Waals surface area contributed by atoms with E-state index in [-0.39, 0.29) is 0 Å². The number of anilines is 2. The van der Waals surface area contributed by atoms with Crippen molar-refractivity contribution in [3.63, 3.8) is 0 Å². The maximum absolute atomic E-state index is 4.20. The van der Waals surface area contributed by atoms with E-state index in [9.17, 15) is 0 Å². The van der Waals surface area contributed by atoms with Gasteiger partial charge in [0.05, 0.1) is 11.4 Å². The first-order chi connectivity index (χ1) is 7.40. The first-order valence-corrected chi connectivity index (χ1v) is 4.91. The second kappa shape index (κ2) is 4.51. The average molecular weight is 197 g/mol. The third kappa shape index (κ3) is 2.29. The van der Waals surface area contributed by atoms with Crippen LogP contribution in [0.3, 0.4) is 0 Å². The number of para-hydroxylation sites is 3. The Morgan fingerprint density at radius 2 is 1.53 bits per heavy atom. The summed E-state index contributed by atoms with van der Waals surface area (Å²) in [5, 5.41) is 7.53. The Bertz CT molecular complexity index is 424. The van der Waals surface area contributed by atoms with Crippen LogP contribution < -0.4 is 10.6 Å². The Hall–Kier alpha value is -1.96. The van der Waals surface area contributed by atoms with Crippen LogP contribution in [0, 0.1) is 0 Å². The lowest BCUT2D eigenvalue weighted by Crippen LogP contribution is -1.95. The molecule has 0 heterocycles. The SMILES string of the molecule is C[N]c1ccccc1Nc1ccccc1. The highest BCUT2D eigenvalue weighted by molar-refractivity contribution is 5.71. The minimum atomic E-state index is 0.973. The molecule has 1 N–H and O–H groups in total. The first-order valence-electron chi connectivity index (χ1n) is 4.91. The molecule has 2 heteroatoms. The topological polar surface area (TPSA) is 26.1 Å². The fraction of sp³-hybridized carbons (Fsp3) is 0.0769. The molecule has 0 aliphatic rings. The zero-order valence-corrected chi connectivity index (χ0v) is 8.64. The normalized spacial score (nSPS) is 9.67. The Morgan fingerprint density at radius 3 is 2.27 bits per heavy atom. The molecular weight excluding hydrogens is 184 g/mol. The molecule has 2 rings (SSSR count). The second-order valence-corrected chi connectivity index (χ2v) is 3.23. The Balaban J connectivity index is 2.24. The van der Waals surface area contributed by atoms with Gasteiger partial charge in [-0.2, -0.15) is 0 Å². The fourth-order valence-corrected chi connectivity index (χ4v) is 1.45. The molecule has 0 saturated heterocycles. The maximum Gasteiger partial charge on any atom is 0.0805 e. The predicted molar refractivity (Wildman–Crippen MR) is 63.9 cm³/mol. The van der Waals surface area contributed by atoms with Crippen LogP contribution in [0.25, 0.3) is 0 Å². The number of benzene rings is 2. The summed E-state index contributed by atoms with van der Waals surface area (Å²) in [5.41, 5.74) is 3.08. The molecule has 0 aliphatic heterocycles. The molecule has 75 valence electrons. The van der Waals surface area contributed by atoms with E-state index < -0.39 is 0 Å². The summed E-state index contributed by atoms with van der Waals surface area (Å²) in [5.74, 6) is 0. The van der Waals surface area contributed by atoms with Crippen LogP contribution in [-0.2, 0) is 0 Å². The summed E-state index contributed by atoms with van der Waals surface area (Å²) in [4.78, 5) is 0. The van der Waals surface area contributed by atoms with Gasteiger partial charge >= 0.3 is 0 Å². The van der Waals surface area contributed by atoms with Crippen molar-refractivity contribution in [2.24, 2.45) is 0 Å². The summed E-state index contributed by atoms with van der Waals surface area (Å²) < 4.78 is 0. The smallest absolute Gasteiger partial charge is 0.0805 e. The van der Waals surface area contributed by atoms with Gasteiger partial charge in [0.1, 0.15) is 0 Å². The summed E-state index contributed by atoms with van der Waals surface area (Å²) in [6.07, 6.45) is 0. The van der Waals surface area contributed by atoms with Crippen molar-refractivity contribution in [1.29, 1.82) is 0 Å². The second-order valence-electron chi connectivity index (χ2n) is 3.23. The minimum absolute atomic E-state index is 0.973. The lowest BCUT2D eigenvalue weighted by Gasteiger charge is -2.09. The Morgan fingerprint density at radius 1 is 0.867 bits per heavy atom. The van der Waals surface area contributed by atoms with E-state index in [2.05, 4.69) is 10.6 Å². The largest absolute Gasteiger partial charge is 0.354 e. The van der Waals surface area contributed by atoms with E-state index in [1.165, 1.54) is 0 Å². The van der Waals surface area contributed by atoms with E-state index in [0.717, 1.165) is 17.1 Å². The van der Waals surface area contributed by atoms with Gasteiger partial charge in [0.2, 0.25) is 0 Å². The molecule has 0 aliphatic carbocycles. The minimum Gasteiger partial charge on any atom is -0.354 e. The average Bonchev–Trinajstić information content (AvgIpc) is 2.31. The highest BCUT2D eigenvalue weighted by Crippen LogP contribution is 2.24. The van der Waals surface area contributed by atoms with E-state index in [1.807, 2.05) is 54.6 Å². The third-order valence-corrected chi connectivity index (χ3v) is 2.20. The van der Waals surface area contributed by atoms with Gasteiger partial charge in [0.25, 0.3) is 0 Å². The van der Waals surface area contributed by atoms with Crippen molar-refractivity contribution < 1.29 is 0 Å². The molecule has 0 fully saturated rings. The lowest BCUT2D eigenvalue weighted by molar-refractivity contribution is 1.09. The van der Waals surface area contributed by atoms with E-state index in [0.29, 0.717) is 0 Å². The van der Waals surface area contributed by atoms with Crippen LogP contribution in [0.2, 0.25) is 0 Å². The predicted octanol–water partition coefficient (Wildman–Crippen LogP) is 3.30. The van der Waals surface area contributed by atoms with Gasteiger partial charge in [-0.25, -0.2) is 0 Å². The number of nitrogens with one attached hydrogen (secondary N) is 1. The molecule has 0 spiro atoms. The molecule has 0 saturated carbocycles. The van der Waals surface area contributed by atoms with Crippen LogP contribution >= 0.6 is 0 Å². The molecule has 2 aromatic rings. The van der Waals surface area contributed by atoms with Crippen molar-refractivity contribution in [1.82, 2.24) is 5.32 Å². The maximum atomic E-state index is 4.20. The summed E-state index contributed by atoms with van der Waals surface area (Å²) in [6, 6.07) is 18.1. The molecule has 0 atom stereocenters. The summed E-state index contributed by atoms with van der Waals surface area (Å²) >= 11 is 0. The zero-order chi connectivity index (χ0) is 10.5. The number of hydrogen-bond donors (Lipinski definition) is 1. The van der Waals surface area contributed by atoms with E-state index >= 15 is 0 Å². The van der Waals surface area contributed by atoms with Crippen molar-refractivity contribution in [3.05, 3.63) is 54.6 Å². The Kier molecular flexibility index (Phi) is 2.88. The standard InChI is InChI=1S/C13H13N2/c1-14-12-9-5-6-10-13(12)15-11-7-3-2-4-8-11/h2-10,15H,1H3. The summed E-state index contributed by atoms with van der Waals surface area (Å²) in [7, 11) is 1.80. The third-order valence-electron chi connectivity index (χ3n) is 2.20. The zero-order valence-electron chi connectivity index (χ0n) is 8.64. The number of rotatable bonds is 3. The molecule has 2 aromatic carbocycles. The highest BCUT2D eigenvalue weighted by Gasteiger charge is 1.99. The van der Waals surface area contributed by atoms with Crippen molar-refractivity contribution in [2.45, 2.75) is 0 Å². The van der Waals surface area contributed by atoms with Gasteiger partial charge in [-0.1, -0.05) is 30.3 Å². The van der Waals surface area contributed by atoms with Crippen LogP contribution in [0.15, 0.2) is 54.6 Å². The van der Waals surface area contributed by atoms with Crippen LogP contribution in [0.1, 0.15) is 0 Å². The molecule has 15 heavy (non-hydrogen) atoms. The highest BCUT2D eigenvalue weighted by atomic mass is 14.9. The van der Waals surface area contributed by atoms with Gasteiger partial charge in [-0.3, -0.25) is 5.32 Å². The monoisotopic (exact) mass is 197 g/mol. The van der Waals surface area contributed by atoms with Crippen molar-refractivity contribution >= 4 is 17.1 Å². The van der Waals surface area contributed by atoms with Crippen LogP contribution in [0.4, 0.5) is 17.1 Å². The van der Waals surface area contributed by atoms with E-state index in [1.54, 1.807) is 7.05 Å².